The van der Waals surface area contributed by atoms with Crippen molar-refractivity contribution in [3.8, 4) is 5.75 Å². The smallest absolute Gasteiger partial charge is 0.115 e. The highest BCUT2D eigenvalue weighted by molar-refractivity contribution is 5.85. The number of aromatic hydroxyl groups is 1. The minimum absolute atomic E-state index is 0. The number of hydrogen-bond donors (Lipinski definition) is 2. The summed E-state index contributed by atoms with van der Waals surface area (Å²) in [6.45, 7) is 0. The van der Waals surface area contributed by atoms with Crippen LogP contribution in [-0.4, -0.2) is 12.2 Å². The molecule has 0 aliphatic heterocycles. The van der Waals surface area contributed by atoms with Gasteiger partial charge in [-0.1, -0.05) is 0 Å². The van der Waals surface area contributed by atoms with Gasteiger partial charge in [-0.25, -0.2) is 0 Å². The zero-order valence-corrected chi connectivity index (χ0v) is 6.48. The molecule has 0 saturated heterocycles. The van der Waals surface area contributed by atoms with E-state index in [1.165, 1.54) is 0 Å². The molecule has 56 valence electrons. The summed E-state index contributed by atoms with van der Waals surface area (Å²) >= 11 is 0. The monoisotopic (exact) mass is 159 g/mol. The molecule has 0 bridgehead atoms. The molecule has 0 atom stereocenters. The van der Waals surface area contributed by atoms with Crippen LogP contribution in [0.25, 0.3) is 0 Å². The molecule has 0 aliphatic rings. The van der Waals surface area contributed by atoms with Gasteiger partial charge >= 0.3 is 0 Å². The van der Waals surface area contributed by atoms with E-state index in [2.05, 4.69) is 5.32 Å². The SMILES string of the molecule is CNc1ccc(O)cc1.Cl. The van der Waals surface area contributed by atoms with Crippen LogP contribution in [0.4, 0.5) is 5.69 Å². The molecule has 0 unspecified atom stereocenters. The Kier molecular flexibility index (Phi) is 3.65. The summed E-state index contributed by atoms with van der Waals surface area (Å²) in [6.07, 6.45) is 0. The van der Waals surface area contributed by atoms with Gasteiger partial charge in [0.25, 0.3) is 0 Å². The van der Waals surface area contributed by atoms with E-state index in [1.54, 1.807) is 12.1 Å². The number of phenols is 1. The van der Waals surface area contributed by atoms with Gasteiger partial charge in [0, 0.05) is 12.7 Å². The molecule has 1 rings (SSSR count). The van der Waals surface area contributed by atoms with Gasteiger partial charge in [0.05, 0.1) is 0 Å². The van der Waals surface area contributed by atoms with Crippen LogP contribution in [-0.2, 0) is 0 Å². The molecular formula is C7H10ClNO. The topological polar surface area (TPSA) is 32.3 Å². The van der Waals surface area contributed by atoms with E-state index in [0.29, 0.717) is 5.75 Å². The van der Waals surface area contributed by atoms with Crippen LogP contribution in [0.2, 0.25) is 0 Å². The summed E-state index contributed by atoms with van der Waals surface area (Å²) in [5, 5.41) is 11.8. The highest BCUT2D eigenvalue weighted by Gasteiger charge is 1.85. The van der Waals surface area contributed by atoms with E-state index in [0.717, 1.165) is 5.69 Å². The fraction of sp³-hybridized carbons (Fsp3) is 0.143. The van der Waals surface area contributed by atoms with E-state index in [-0.39, 0.29) is 12.4 Å². The zero-order valence-electron chi connectivity index (χ0n) is 5.66. The lowest BCUT2D eigenvalue weighted by molar-refractivity contribution is 0.475. The molecule has 0 radical (unpaired) electrons. The zero-order chi connectivity index (χ0) is 6.69. The normalized spacial score (nSPS) is 8.10. The molecule has 0 saturated carbocycles. The van der Waals surface area contributed by atoms with Crippen molar-refractivity contribution < 1.29 is 5.11 Å². The second kappa shape index (κ2) is 4.01. The molecule has 2 nitrogen and oxygen atoms in total. The van der Waals surface area contributed by atoms with E-state index < -0.39 is 0 Å². The van der Waals surface area contributed by atoms with Crippen molar-refractivity contribution in [2.24, 2.45) is 0 Å². The molecule has 0 heterocycles. The van der Waals surface area contributed by atoms with Gasteiger partial charge in [-0.15, -0.1) is 12.4 Å². The molecule has 10 heavy (non-hydrogen) atoms. The molecule has 1 aromatic carbocycles. The second-order valence-corrected chi connectivity index (χ2v) is 1.80. The number of hydrogen-bond acceptors (Lipinski definition) is 2. The Labute approximate surface area is 66.3 Å². The maximum Gasteiger partial charge on any atom is 0.115 e. The third kappa shape index (κ3) is 2.15. The lowest BCUT2D eigenvalue weighted by atomic mass is 10.3. The Morgan fingerprint density at radius 1 is 1.20 bits per heavy atom. The number of halogens is 1. The second-order valence-electron chi connectivity index (χ2n) is 1.80. The summed E-state index contributed by atoms with van der Waals surface area (Å²) in [7, 11) is 1.84. The van der Waals surface area contributed by atoms with Crippen LogP contribution < -0.4 is 5.32 Å². The fourth-order valence-electron chi connectivity index (χ4n) is 0.628. The van der Waals surface area contributed by atoms with Gasteiger partial charge in [0.15, 0.2) is 0 Å². The lowest BCUT2D eigenvalue weighted by Gasteiger charge is -1.96. The number of phenolic OH excluding ortho intramolecular Hbond substituents is 1. The van der Waals surface area contributed by atoms with E-state index >= 15 is 0 Å². The molecule has 0 spiro atoms. The Morgan fingerprint density at radius 2 is 1.70 bits per heavy atom. The van der Waals surface area contributed by atoms with Crippen molar-refractivity contribution in [2.45, 2.75) is 0 Å². The highest BCUT2D eigenvalue weighted by atomic mass is 35.5. The molecule has 0 amide bonds. The number of benzene rings is 1. The van der Waals surface area contributed by atoms with E-state index in [4.69, 9.17) is 5.11 Å². The lowest BCUT2D eigenvalue weighted by Crippen LogP contribution is -1.84. The largest absolute Gasteiger partial charge is 0.508 e. The van der Waals surface area contributed by atoms with Crippen LogP contribution >= 0.6 is 12.4 Å². The maximum absolute atomic E-state index is 8.82. The van der Waals surface area contributed by atoms with Crippen LogP contribution in [0, 0.1) is 0 Å². The molecule has 0 aromatic heterocycles. The Bertz CT molecular complexity index is 185. The first-order chi connectivity index (χ1) is 4.33. The first-order valence-corrected chi connectivity index (χ1v) is 2.79. The van der Waals surface area contributed by atoms with Gasteiger partial charge in [-0.3, -0.25) is 0 Å². The molecule has 0 aliphatic carbocycles. The first-order valence-electron chi connectivity index (χ1n) is 2.79. The number of nitrogens with one attached hydrogen (secondary N) is 1. The number of rotatable bonds is 1. The molecule has 0 fully saturated rings. The maximum atomic E-state index is 8.82. The van der Waals surface area contributed by atoms with Crippen LogP contribution in [0.5, 0.6) is 5.75 Å². The number of anilines is 1. The van der Waals surface area contributed by atoms with Crippen molar-refractivity contribution in [1.82, 2.24) is 0 Å². The molecule has 2 N–H and O–H groups in total. The van der Waals surface area contributed by atoms with Crippen molar-refractivity contribution in [3.05, 3.63) is 24.3 Å². The first kappa shape index (κ1) is 9.11. The minimum Gasteiger partial charge on any atom is -0.508 e. The quantitative estimate of drug-likeness (QED) is 0.613. The van der Waals surface area contributed by atoms with Gasteiger partial charge in [-0.2, -0.15) is 0 Å². The summed E-state index contributed by atoms with van der Waals surface area (Å²) in [4.78, 5) is 0. The van der Waals surface area contributed by atoms with Gasteiger partial charge in [-0.05, 0) is 24.3 Å². The molecular weight excluding hydrogens is 150 g/mol. The Morgan fingerprint density at radius 3 is 2.10 bits per heavy atom. The standard InChI is InChI=1S/C7H9NO.ClH/c1-8-6-2-4-7(9)5-3-6;/h2-5,8-9H,1H3;1H. The van der Waals surface area contributed by atoms with Crippen LogP contribution in [0.1, 0.15) is 0 Å². The van der Waals surface area contributed by atoms with Gasteiger partial charge in [0.1, 0.15) is 5.75 Å². The minimum atomic E-state index is 0. The van der Waals surface area contributed by atoms with Crippen molar-refractivity contribution in [2.75, 3.05) is 12.4 Å². The Balaban J connectivity index is 0.000000810. The van der Waals surface area contributed by atoms with Crippen molar-refractivity contribution in [3.63, 3.8) is 0 Å². The van der Waals surface area contributed by atoms with Crippen molar-refractivity contribution >= 4 is 18.1 Å². The summed E-state index contributed by atoms with van der Waals surface area (Å²) < 4.78 is 0. The third-order valence-electron chi connectivity index (χ3n) is 1.16. The Hall–Kier alpha value is -0.890. The summed E-state index contributed by atoms with van der Waals surface area (Å²) in [6, 6.07) is 6.92. The van der Waals surface area contributed by atoms with Crippen LogP contribution in [0.15, 0.2) is 24.3 Å². The van der Waals surface area contributed by atoms with Gasteiger partial charge < -0.3 is 10.4 Å². The predicted octanol–water partition coefficient (Wildman–Crippen LogP) is 1.86. The molecule has 3 heteroatoms. The molecule has 1 aromatic rings. The summed E-state index contributed by atoms with van der Waals surface area (Å²) in [5.41, 5.74) is 1.01. The van der Waals surface area contributed by atoms with Gasteiger partial charge in [0.2, 0.25) is 0 Å². The van der Waals surface area contributed by atoms with E-state index in [1.807, 2.05) is 19.2 Å². The fourth-order valence-corrected chi connectivity index (χ4v) is 0.628. The third-order valence-corrected chi connectivity index (χ3v) is 1.16. The van der Waals surface area contributed by atoms with Crippen molar-refractivity contribution in [1.29, 1.82) is 0 Å². The average molecular weight is 160 g/mol. The predicted molar refractivity (Wildman–Crippen MR) is 44.9 cm³/mol. The van der Waals surface area contributed by atoms with Crippen LogP contribution in [0.3, 0.4) is 0 Å². The summed E-state index contributed by atoms with van der Waals surface area (Å²) in [5.74, 6) is 0.300. The van der Waals surface area contributed by atoms with E-state index in [9.17, 15) is 0 Å². The highest BCUT2D eigenvalue weighted by Crippen LogP contribution is 2.12. The average Bonchev–Trinajstić information content (AvgIpc) is 1.90.